The van der Waals surface area contributed by atoms with Crippen LogP contribution in [0.5, 0.6) is 0 Å². The molecule has 0 saturated carbocycles. The highest BCUT2D eigenvalue weighted by Crippen LogP contribution is 2.45. The maximum absolute atomic E-state index is 14.5. The van der Waals surface area contributed by atoms with Crippen LogP contribution < -0.4 is 5.32 Å². The van der Waals surface area contributed by atoms with E-state index in [0.29, 0.717) is 4.47 Å². The lowest BCUT2D eigenvalue weighted by molar-refractivity contribution is 0.199. The third kappa shape index (κ3) is 3.16. The summed E-state index contributed by atoms with van der Waals surface area (Å²) in [5.74, 6) is -1.15. The normalized spacial score (nSPS) is 26.7. The van der Waals surface area contributed by atoms with Crippen LogP contribution in [0.1, 0.15) is 32.8 Å². The Balaban J connectivity index is 2.87. The number of pyridine rings is 1. The van der Waals surface area contributed by atoms with Gasteiger partial charge in [0.1, 0.15) is 16.1 Å². The zero-order valence-corrected chi connectivity index (χ0v) is 16.9. The van der Waals surface area contributed by atoms with Gasteiger partial charge in [0.25, 0.3) is 0 Å². The molecule has 2 N–H and O–H groups in total. The molecule has 0 radical (unpaired) electrons. The molecular formula is C16H19BrFN3O4S. The van der Waals surface area contributed by atoms with Crippen molar-refractivity contribution in [3.05, 3.63) is 40.9 Å². The number of amides is 1. The molecule has 2 atom stereocenters. The van der Waals surface area contributed by atoms with Gasteiger partial charge in [-0.15, -0.1) is 6.58 Å². The van der Waals surface area contributed by atoms with E-state index in [-0.39, 0.29) is 17.8 Å². The Morgan fingerprint density at radius 1 is 1.50 bits per heavy atom. The molecule has 142 valence electrons. The summed E-state index contributed by atoms with van der Waals surface area (Å²) in [6, 6.07) is 1.40. The highest BCUT2D eigenvalue weighted by atomic mass is 79.9. The quantitative estimate of drug-likeness (QED) is 0.546. The molecule has 2 heterocycles. The minimum absolute atomic E-state index is 0.0120. The molecule has 26 heavy (non-hydrogen) atoms. The van der Waals surface area contributed by atoms with Gasteiger partial charge in [-0.25, -0.2) is 18.2 Å². The molecule has 1 aliphatic rings. The zero-order valence-electron chi connectivity index (χ0n) is 14.5. The molecule has 1 aromatic rings. The molecule has 1 aromatic heterocycles. The Labute approximate surface area is 159 Å². The highest BCUT2D eigenvalue weighted by molar-refractivity contribution is 9.10. The van der Waals surface area contributed by atoms with E-state index in [1.165, 1.54) is 39.1 Å². The number of sulfone groups is 1. The second-order valence-corrected chi connectivity index (χ2v) is 10.2. The fraction of sp³-hybridized carbons (Fsp3) is 0.438. The van der Waals surface area contributed by atoms with Crippen LogP contribution in [0.15, 0.2) is 34.4 Å². The van der Waals surface area contributed by atoms with Crippen LogP contribution in [0.2, 0.25) is 0 Å². The van der Waals surface area contributed by atoms with Crippen molar-refractivity contribution >= 4 is 37.7 Å². The Morgan fingerprint density at radius 3 is 2.65 bits per heavy atom. The van der Waals surface area contributed by atoms with Crippen molar-refractivity contribution in [1.29, 1.82) is 0 Å². The van der Waals surface area contributed by atoms with Gasteiger partial charge >= 0.3 is 6.09 Å². The van der Waals surface area contributed by atoms with E-state index in [1.54, 1.807) is 0 Å². The van der Waals surface area contributed by atoms with E-state index in [2.05, 4.69) is 37.8 Å². The van der Waals surface area contributed by atoms with Gasteiger partial charge in [0.15, 0.2) is 9.84 Å². The van der Waals surface area contributed by atoms with Crippen LogP contribution in [-0.4, -0.2) is 40.4 Å². The number of aliphatic imine (C=N–C) groups is 1. The molecule has 1 unspecified atom stereocenters. The number of aromatic nitrogens is 1. The number of nitrogens with one attached hydrogen (secondary N) is 1. The van der Waals surface area contributed by atoms with Gasteiger partial charge in [-0.1, -0.05) is 6.08 Å². The van der Waals surface area contributed by atoms with E-state index in [9.17, 15) is 17.6 Å². The van der Waals surface area contributed by atoms with Crippen molar-refractivity contribution in [3.63, 3.8) is 0 Å². The standard InChI is InChI=1S/C16H19BrFN3O4S/c1-5-6-11-16(4,10-7-9(17)8-19-12(10)18)21-13(20-14(22)23)15(2,3)26(11,24)25/h5,7-8,11H,1,6H2,2-4H3,(H,20,21)(H,22,23)/t11?,16-/m1/s1. The fourth-order valence-electron chi connectivity index (χ4n) is 3.03. The summed E-state index contributed by atoms with van der Waals surface area (Å²) in [5, 5.41) is 9.99. The lowest BCUT2D eigenvalue weighted by Gasteiger charge is -2.44. The average Bonchev–Trinajstić information content (AvgIpc) is 2.52. The maximum Gasteiger partial charge on any atom is 0.410 e. The average molecular weight is 448 g/mol. The van der Waals surface area contributed by atoms with Crippen molar-refractivity contribution in [1.82, 2.24) is 10.3 Å². The predicted octanol–water partition coefficient (Wildman–Crippen LogP) is 3.02. The second-order valence-electron chi connectivity index (χ2n) is 6.60. The molecule has 0 aromatic carbocycles. The summed E-state index contributed by atoms with van der Waals surface area (Å²) >= 11 is 3.20. The van der Waals surface area contributed by atoms with Gasteiger partial charge in [0.05, 0.1) is 5.25 Å². The van der Waals surface area contributed by atoms with Crippen molar-refractivity contribution in [2.45, 2.75) is 42.7 Å². The first kappa shape index (κ1) is 20.5. The summed E-state index contributed by atoms with van der Waals surface area (Å²) in [6.07, 6.45) is 1.22. The van der Waals surface area contributed by atoms with E-state index < -0.39 is 37.4 Å². The minimum atomic E-state index is -3.98. The first-order chi connectivity index (χ1) is 11.9. The van der Waals surface area contributed by atoms with E-state index >= 15 is 0 Å². The lowest BCUT2D eigenvalue weighted by Crippen LogP contribution is -2.61. The third-order valence-electron chi connectivity index (χ3n) is 4.58. The van der Waals surface area contributed by atoms with Crippen LogP contribution in [0.4, 0.5) is 9.18 Å². The minimum Gasteiger partial charge on any atom is -0.465 e. The second kappa shape index (κ2) is 6.73. The van der Waals surface area contributed by atoms with Gasteiger partial charge < -0.3 is 5.11 Å². The molecule has 0 fully saturated rings. The van der Waals surface area contributed by atoms with Gasteiger partial charge in [-0.3, -0.25) is 10.3 Å². The molecular weight excluding hydrogens is 429 g/mol. The third-order valence-corrected chi connectivity index (χ3v) is 8.03. The van der Waals surface area contributed by atoms with Crippen molar-refractivity contribution < 1.29 is 22.7 Å². The summed E-state index contributed by atoms with van der Waals surface area (Å²) in [4.78, 5) is 19.1. The molecule has 0 bridgehead atoms. The smallest absolute Gasteiger partial charge is 0.410 e. The molecule has 7 nitrogen and oxygen atoms in total. The van der Waals surface area contributed by atoms with Crippen molar-refractivity contribution in [3.8, 4) is 0 Å². The molecule has 2 rings (SSSR count). The molecule has 1 aliphatic heterocycles. The van der Waals surface area contributed by atoms with Gasteiger partial charge in [0.2, 0.25) is 5.95 Å². The molecule has 1 amide bonds. The van der Waals surface area contributed by atoms with Crippen LogP contribution in [0.3, 0.4) is 0 Å². The van der Waals surface area contributed by atoms with Crippen molar-refractivity contribution in [2.75, 3.05) is 0 Å². The zero-order chi connectivity index (χ0) is 19.9. The van der Waals surface area contributed by atoms with Gasteiger partial charge in [-0.05, 0) is 49.2 Å². The number of carboxylic acid groups (broad SMARTS) is 1. The van der Waals surface area contributed by atoms with E-state index in [1.807, 2.05) is 0 Å². The number of amidine groups is 1. The number of halogens is 2. The number of rotatable bonds is 3. The first-order valence-corrected chi connectivity index (χ1v) is 9.98. The summed E-state index contributed by atoms with van der Waals surface area (Å²) in [5.41, 5.74) is -1.65. The number of hydrogen-bond donors (Lipinski definition) is 2. The number of hydrogen-bond acceptors (Lipinski definition) is 5. The summed E-state index contributed by atoms with van der Waals surface area (Å²) in [7, 11) is -3.98. The Morgan fingerprint density at radius 2 is 2.12 bits per heavy atom. The molecule has 10 heteroatoms. The maximum atomic E-state index is 14.5. The summed E-state index contributed by atoms with van der Waals surface area (Å²) in [6.45, 7) is 7.77. The molecule has 0 saturated heterocycles. The van der Waals surface area contributed by atoms with Crippen molar-refractivity contribution in [2.24, 2.45) is 4.99 Å². The fourth-order valence-corrected chi connectivity index (χ4v) is 5.61. The monoisotopic (exact) mass is 447 g/mol. The van der Waals surface area contributed by atoms with Crippen LogP contribution in [0.25, 0.3) is 0 Å². The Kier molecular flexibility index (Phi) is 5.31. The lowest BCUT2D eigenvalue weighted by atomic mass is 9.87. The van der Waals surface area contributed by atoms with E-state index in [4.69, 9.17) is 5.11 Å². The first-order valence-electron chi connectivity index (χ1n) is 7.64. The predicted molar refractivity (Wildman–Crippen MR) is 99.4 cm³/mol. The highest BCUT2D eigenvalue weighted by Gasteiger charge is 2.57. The van der Waals surface area contributed by atoms with Gasteiger partial charge in [0, 0.05) is 16.2 Å². The SMILES string of the molecule is C=CCC1[C@@](C)(c2cc(Br)cnc2F)N=C(NC(=O)O)C(C)(C)S1(=O)=O. The molecule has 0 spiro atoms. The number of nitrogens with zero attached hydrogens (tertiary/aromatic N) is 2. The topological polar surface area (TPSA) is 109 Å². The van der Waals surface area contributed by atoms with E-state index in [0.717, 1.165) is 0 Å². The summed E-state index contributed by atoms with van der Waals surface area (Å²) < 4.78 is 39.9. The van der Waals surface area contributed by atoms with Crippen LogP contribution in [-0.2, 0) is 15.4 Å². The van der Waals surface area contributed by atoms with Crippen LogP contribution in [0, 0.1) is 5.95 Å². The Bertz CT molecular complexity index is 901. The van der Waals surface area contributed by atoms with Gasteiger partial charge in [-0.2, -0.15) is 4.39 Å². The van der Waals surface area contributed by atoms with Crippen LogP contribution >= 0.6 is 15.9 Å². The number of carbonyl (C=O) groups is 1. The Hall–Kier alpha value is -1.81. The number of allylic oxidation sites excluding steroid dienone is 1. The largest absolute Gasteiger partial charge is 0.465 e. The molecule has 0 aliphatic carbocycles.